The molecule has 0 saturated heterocycles. The molecule has 9 heteroatoms. The molecule has 2 aromatic heterocycles. The summed E-state index contributed by atoms with van der Waals surface area (Å²) in [5.41, 5.74) is 3.41. The molecule has 0 spiro atoms. The number of para-hydroxylation sites is 1. The molecule has 186 valence electrons. The fourth-order valence-corrected chi connectivity index (χ4v) is 4.11. The molecule has 5 rings (SSSR count). The molecule has 0 bridgehead atoms. The fourth-order valence-electron chi connectivity index (χ4n) is 4.11. The van der Waals surface area contributed by atoms with E-state index in [1.165, 1.54) is 40.1 Å². The summed E-state index contributed by atoms with van der Waals surface area (Å²) in [6, 6.07) is 22.7. The van der Waals surface area contributed by atoms with Crippen molar-refractivity contribution in [2.75, 3.05) is 5.32 Å². The smallest absolute Gasteiger partial charge is 0.251 e. The van der Waals surface area contributed by atoms with Crippen LogP contribution >= 0.6 is 0 Å². The molecule has 0 aliphatic carbocycles. The number of carbonyl (C=O) groups is 2. The zero-order valence-corrected chi connectivity index (χ0v) is 20.0. The van der Waals surface area contributed by atoms with Crippen LogP contribution in [0.3, 0.4) is 0 Å². The van der Waals surface area contributed by atoms with E-state index in [1.807, 2.05) is 55.5 Å². The van der Waals surface area contributed by atoms with Gasteiger partial charge in [0.15, 0.2) is 0 Å². The highest BCUT2D eigenvalue weighted by Gasteiger charge is 2.33. The van der Waals surface area contributed by atoms with Crippen LogP contribution in [0.1, 0.15) is 22.9 Å². The van der Waals surface area contributed by atoms with Crippen LogP contribution in [0.2, 0.25) is 0 Å². The summed E-state index contributed by atoms with van der Waals surface area (Å²) in [5.74, 6) is -0.697. The van der Waals surface area contributed by atoms with Crippen molar-refractivity contribution in [3.8, 4) is 0 Å². The number of hydrogen-bond donors (Lipinski definition) is 1. The molecule has 0 saturated carbocycles. The van der Waals surface area contributed by atoms with Crippen molar-refractivity contribution in [1.82, 2.24) is 19.9 Å². The molecule has 0 unspecified atom stereocenters. The zero-order chi connectivity index (χ0) is 25.8. The third-order valence-corrected chi connectivity index (χ3v) is 6.00. The van der Waals surface area contributed by atoms with Gasteiger partial charge in [-0.05, 0) is 61.0 Å². The average molecular weight is 498 g/mol. The Morgan fingerprint density at radius 1 is 1.00 bits per heavy atom. The molecule has 0 aliphatic heterocycles. The van der Waals surface area contributed by atoms with E-state index >= 15 is 0 Å². The highest BCUT2D eigenvalue weighted by molar-refractivity contribution is 5.98. The number of aryl methyl sites for hydroxylation is 1. The lowest BCUT2D eigenvalue weighted by atomic mass is 10.0. The van der Waals surface area contributed by atoms with Crippen LogP contribution in [0.15, 0.2) is 95.6 Å². The van der Waals surface area contributed by atoms with Gasteiger partial charge in [-0.25, -0.2) is 9.07 Å². The van der Waals surface area contributed by atoms with Crippen LogP contribution in [0.25, 0.3) is 11.0 Å². The zero-order valence-electron chi connectivity index (χ0n) is 20.0. The molecule has 3 aromatic carbocycles. The molecule has 1 N–H and O–H groups in total. The predicted octanol–water partition coefficient (Wildman–Crippen LogP) is 4.88. The number of anilines is 1. The first-order valence-corrected chi connectivity index (χ1v) is 11.7. The SMILES string of the molecule is Cc1ccc([C@@H](C(=O)Nc2ccc(F)cc2)N(Cc2ccco2)C(=O)Cn2nnc3ccccc32)cc1. The minimum Gasteiger partial charge on any atom is -0.467 e. The Kier molecular flexibility index (Phi) is 6.76. The minimum atomic E-state index is -1.00. The van der Waals surface area contributed by atoms with Crippen LogP contribution in [0, 0.1) is 12.7 Å². The number of aromatic nitrogens is 3. The number of benzene rings is 3. The Balaban J connectivity index is 1.52. The number of rotatable bonds is 8. The van der Waals surface area contributed by atoms with E-state index in [1.54, 1.807) is 12.1 Å². The van der Waals surface area contributed by atoms with Gasteiger partial charge in [0.2, 0.25) is 5.91 Å². The van der Waals surface area contributed by atoms with Crippen molar-refractivity contribution in [3.05, 3.63) is 114 Å². The third-order valence-electron chi connectivity index (χ3n) is 6.00. The number of hydrogen-bond acceptors (Lipinski definition) is 5. The first-order valence-electron chi connectivity index (χ1n) is 11.7. The lowest BCUT2D eigenvalue weighted by Gasteiger charge is -2.31. The summed E-state index contributed by atoms with van der Waals surface area (Å²) in [4.78, 5) is 29.0. The Morgan fingerprint density at radius 3 is 2.49 bits per heavy atom. The number of furan rings is 1. The summed E-state index contributed by atoms with van der Waals surface area (Å²) in [6.07, 6.45) is 1.52. The first kappa shape index (κ1) is 23.9. The van der Waals surface area contributed by atoms with Crippen LogP contribution < -0.4 is 5.32 Å². The van der Waals surface area contributed by atoms with Gasteiger partial charge >= 0.3 is 0 Å². The third kappa shape index (κ3) is 5.40. The van der Waals surface area contributed by atoms with Crippen molar-refractivity contribution in [3.63, 3.8) is 0 Å². The lowest BCUT2D eigenvalue weighted by molar-refractivity contribution is -0.140. The quantitative estimate of drug-likeness (QED) is 0.330. The van der Waals surface area contributed by atoms with Gasteiger partial charge in [0.1, 0.15) is 29.7 Å². The molecular formula is C28H24FN5O3. The summed E-state index contributed by atoms with van der Waals surface area (Å²) < 4.78 is 20.5. The van der Waals surface area contributed by atoms with Crippen molar-refractivity contribution in [1.29, 1.82) is 0 Å². The molecule has 0 fully saturated rings. The molecule has 37 heavy (non-hydrogen) atoms. The van der Waals surface area contributed by atoms with Gasteiger partial charge in [0.05, 0.1) is 18.3 Å². The van der Waals surface area contributed by atoms with Gasteiger partial charge in [-0.3, -0.25) is 9.59 Å². The van der Waals surface area contributed by atoms with E-state index in [0.717, 1.165) is 5.56 Å². The Hall–Kier alpha value is -4.79. The van der Waals surface area contributed by atoms with E-state index in [-0.39, 0.29) is 19.0 Å². The normalized spacial score (nSPS) is 11.8. The molecular weight excluding hydrogens is 473 g/mol. The van der Waals surface area contributed by atoms with Gasteiger partial charge in [-0.1, -0.05) is 47.2 Å². The Labute approximate surface area is 212 Å². The molecule has 2 heterocycles. The largest absolute Gasteiger partial charge is 0.467 e. The minimum absolute atomic E-state index is 0.0494. The fraction of sp³-hybridized carbons (Fsp3) is 0.143. The topological polar surface area (TPSA) is 93.3 Å². The maximum atomic E-state index is 13.8. The van der Waals surface area contributed by atoms with Gasteiger partial charge < -0.3 is 14.6 Å². The van der Waals surface area contributed by atoms with Gasteiger partial charge in [0, 0.05) is 5.69 Å². The molecule has 0 aliphatic rings. The van der Waals surface area contributed by atoms with Crippen molar-refractivity contribution < 1.29 is 18.4 Å². The number of fused-ring (bicyclic) bond motifs is 1. The van der Waals surface area contributed by atoms with Crippen LogP contribution in [-0.4, -0.2) is 31.7 Å². The molecule has 8 nitrogen and oxygen atoms in total. The summed E-state index contributed by atoms with van der Waals surface area (Å²) >= 11 is 0. The Bertz CT molecular complexity index is 1510. The summed E-state index contributed by atoms with van der Waals surface area (Å²) in [7, 11) is 0. The predicted molar refractivity (Wildman–Crippen MR) is 136 cm³/mol. The standard InChI is InChI=1S/C28H24FN5O3/c1-19-8-10-20(11-9-19)27(28(36)30-22-14-12-21(29)13-15-22)33(17-23-5-4-16-37-23)26(35)18-34-25-7-3-2-6-24(25)31-32-34/h2-16,27H,17-18H2,1H3,(H,30,36)/t27-/m0/s1. The van der Waals surface area contributed by atoms with Crippen molar-refractivity contribution in [2.24, 2.45) is 0 Å². The van der Waals surface area contributed by atoms with Gasteiger partial charge in [-0.2, -0.15) is 0 Å². The van der Waals surface area contributed by atoms with Crippen LogP contribution in [0.4, 0.5) is 10.1 Å². The second-order valence-corrected chi connectivity index (χ2v) is 8.65. The van der Waals surface area contributed by atoms with Crippen molar-refractivity contribution >= 4 is 28.5 Å². The van der Waals surface area contributed by atoms with Crippen LogP contribution in [0.5, 0.6) is 0 Å². The lowest BCUT2D eigenvalue weighted by Crippen LogP contribution is -2.42. The second-order valence-electron chi connectivity index (χ2n) is 8.65. The van der Waals surface area contributed by atoms with Crippen LogP contribution in [-0.2, 0) is 22.7 Å². The van der Waals surface area contributed by atoms with Gasteiger partial charge in [0.25, 0.3) is 5.91 Å². The molecule has 5 aromatic rings. The number of carbonyl (C=O) groups excluding carboxylic acids is 2. The Morgan fingerprint density at radius 2 is 1.76 bits per heavy atom. The highest BCUT2D eigenvalue weighted by Crippen LogP contribution is 2.27. The maximum Gasteiger partial charge on any atom is 0.251 e. The molecule has 2 amide bonds. The number of nitrogens with zero attached hydrogens (tertiary/aromatic N) is 4. The van der Waals surface area contributed by atoms with Gasteiger partial charge in [-0.15, -0.1) is 5.10 Å². The highest BCUT2D eigenvalue weighted by atomic mass is 19.1. The maximum absolute atomic E-state index is 13.8. The number of halogens is 1. The van der Waals surface area contributed by atoms with E-state index in [2.05, 4.69) is 15.6 Å². The summed E-state index contributed by atoms with van der Waals surface area (Å²) in [5, 5.41) is 11.1. The van der Waals surface area contributed by atoms with E-state index in [9.17, 15) is 14.0 Å². The van der Waals surface area contributed by atoms with E-state index < -0.39 is 17.8 Å². The number of amides is 2. The second kappa shape index (κ2) is 10.4. The average Bonchev–Trinajstić information content (AvgIpc) is 3.56. The number of nitrogens with one attached hydrogen (secondary N) is 1. The van der Waals surface area contributed by atoms with E-state index in [0.29, 0.717) is 28.0 Å². The summed E-state index contributed by atoms with van der Waals surface area (Å²) in [6.45, 7) is 1.86. The molecule has 0 radical (unpaired) electrons. The molecule has 1 atom stereocenters. The first-order chi connectivity index (χ1) is 18.0. The van der Waals surface area contributed by atoms with Crippen molar-refractivity contribution in [2.45, 2.75) is 26.1 Å². The van der Waals surface area contributed by atoms with E-state index in [4.69, 9.17) is 4.42 Å². The monoisotopic (exact) mass is 497 g/mol.